The quantitative estimate of drug-likeness (QED) is 0.243. The Balaban J connectivity index is 1.76. The van der Waals surface area contributed by atoms with Crippen LogP contribution in [0.15, 0.2) is 120 Å². The number of carbonyl (C=O) groups excluding carboxylic acids is 2. The lowest BCUT2D eigenvalue weighted by Crippen LogP contribution is -2.53. The van der Waals surface area contributed by atoms with Crippen LogP contribution >= 0.6 is 11.6 Å². The van der Waals surface area contributed by atoms with Crippen LogP contribution in [0.3, 0.4) is 0 Å². The largest absolute Gasteiger partial charge is 0.355 e. The van der Waals surface area contributed by atoms with E-state index < -0.39 is 28.5 Å². The summed E-state index contributed by atoms with van der Waals surface area (Å²) in [5.74, 6) is -0.841. The number of halogens is 1. The van der Waals surface area contributed by atoms with Crippen molar-refractivity contribution in [2.75, 3.05) is 17.4 Å². The zero-order valence-corrected chi connectivity index (χ0v) is 24.3. The van der Waals surface area contributed by atoms with Gasteiger partial charge in [-0.2, -0.15) is 0 Å². The zero-order valence-electron chi connectivity index (χ0n) is 22.7. The molecule has 0 fully saturated rings. The second kappa shape index (κ2) is 14.0. The molecule has 0 aromatic heterocycles. The lowest BCUT2D eigenvalue weighted by Gasteiger charge is -2.33. The molecule has 0 saturated heterocycles. The number of para-hydroxylation sites is 1. The molecule has 4 aromatic carbocycles. The predicted octanol–water partition coefficient (Wildman–Crippen LogP) is 5.31. The molecule has 4 rings (SSSR count). The predicted molar refractivity (Wildman–Crippen MR) is 162 cm³/mol. The van der Waals surface area contributed by atoms with Gasteiger partial charge in [-0.15, -0.1) is 0 Å². The monoisotopic (exact) mass is 589 g/mol. The molecule has 0 aliphatic heterocycles. The van der Waals surface area contributed by atoms with Gasteiger partial charge in [-0.05, 0) is 54.4 Å². The molecule has 4 aromatic rings. The van der Waals surface area contributed by atoms with E-state index in [1.54, 1.807) is 72.8 Å². The summed E-state index contributed by atoms with van der Waals surface area (Å²) in [6, 6.07) is 32.0. The van der Waals surface area contributed by atoms with Crippen molar-refractivity contribution in [2.24, 2.45) is 0 Å². The maximum absolute atomic E-state index is 14.2. The minimum absolute atomic E-state index is 0.0606. The van der Waals surface area contributed by atoms with Crippen LogP contribution in [0.1, 0.15) is 18.1 Å². The topological polar surface area (TPSA) is 86.8 Å². The third-order valence-corrected chi connectivity index (χ3v) is 8.58. The first-order chi connectivity index (χ1) is 19.8. The van der Waals surface area contributed by atoms with E-state index in [1.807, 2.05) is 37.3 Å². The average molecular weight is 590 g/mol. The molecule has 0 radical (unpaired) electrons. The van der Waals surface area contributed by atoms with E-state index in [0.717, 1.165) is 15.4 Å². The summed E-state index contributed by atoms with van der Waals surface area (Å²) in [7, 11) is -4.11. The van der Waals surface area contributed by atoms with E-state index in [2.05, 4.69) is 5.32 Å². The van der Waals surface area contributed by atoms with Crippen LogP contribution in [0.2, 0.25) is 5.02 Å². The van der Waals surface area contributed by atoms with E-state index in [4.69, 9.17) is 11.6 Å². The number of benzene rings is 4. The number of sulfonamides is 1. The summed E-state index contributed by atoms with van der Waals surface area (Å²) in [5, 5.41) is 3.39. The average Bonchev–Trinajstić information content (AvgIpc) is 3.00. The van der Waals surface area contributed by atoms with Gasteiger partial charge in [0.05, 0.1) is 10.6 Å². The highest BCUT2D eigenvalue weighted by Gasteiger charge is 2.34. The molecular formula is C32H32ClN3O4S. The highest BCUT2D eigenvalue weighted by Crippen LogP contribution is 2.25. The second-order valence-electron chi connectivity index (χ2n) is 9.41. The third-order valence-electron chi connectivity index (χ3n) is 6.54. The van der Waals surface area contributed by atoms with Crippen molar-refractivity contribution < 1.29 is 18.0 Å². The van der Waals surface area contributed by atoms with Gasteiger partial charge < -0.3 is 10.2 Å². The molecular weight excluding hydrogens is 558 g/mol. The van der Waals surface area contributed by atoms with Gasteiger partial charge in [-0.1, -0.05) is 90.5 Å². The van der Waals surface area contributed by atoms with E-state index >= 15 is 0 Å². The molecule has 0 heterocycles. The summed E-state index contributed by atoms with van der Waals surface area (Å²) in [4.78, 5) is 29.2. The molecule has 0 saturated carbocycles. The summed E-state index contributed by atoms with van der Waals surface area (Å²) < 4.78 is 28.8. The van der Waals surface area contributed by atoms with Crippen LogP contribution < -0.4 is 9.62 Å². The van der Waals surface area contributed by atoms with Crippen LogP contribution in [0, 0.1) is 0 Å². The lowest BCUT2D eigenvalue weighted by atomic mass is 10.0. The van der Waals surface area contributed by atoms with Gasteiger partial charge in [-0.3, -0.25) is 13.9 Å². The van der Waals surface area contributed by atoms with Crippen LogP contribution in [0.5, 0.6) is 0 Å². The SMILES string of the molecule is CCNC(=O)[C@@H](Cc1ccccc1)N(Cc1ccc(Cl)cc1)C(=O)CN(c1ccccc1)S(=O)(=O)c1ccccc1. The number of nitrogens with zero attached hydrogens (tertiary/aromatic N) is 2. The molecule has 212 valence electrons. The highest BCUT2D eigenvalue weighted by molar-refractivity contribution is 7.92. The minimum atomic E-state index is -4.11. The molecule has 9 heteroatoms. The fraction of sp³-hybridized carbons (Fsp3) is 0.188. The number of amides is 2. The van der Waals surface area contributed by atoms with Crippen LogP contribution in [0.25, 0.3) is 0 Å². The normalized spacial score (nSPS) is 11.9. The van der Waals surface area contributed by atoms with Crippen molar-refractivity contribution in [1.82, 2.24) is 10.2 Å². The van der Waals surface area contributed by atoms with E-state index in [-0.39, 0.29) is 23.8 Å². The summed E-state index contributed by atoms with van der Waals surface area (Å²) >= 11 is 6.10. The van der Waals surface area contributed by atoms with Gasteiger partial charge in [0.25, 0.3) is 10.0 Å². The van der Waals surface area contributed by atoms with Gasteiger partial charge in [0.2, 0.25) is 11.8 Å². The minimum Gasteiger partial charge on any atom is -0.355 e. The Morgan fingerprint density at radius 2 is 1.34 bits per heavy atom. The Hall–Kier alpha value is -4.14. The summed E-state index contributed by atoms with van der Waals surface area (Å²) in [5.41, 5.74) is 1.96. The Morgan fingerprint density at radius 3 is 1.93 bits per heavy atom. The van der Waals surface area contributed by atoms with Crippen molar-refractivity contribution in [3.63, 3.8) is 0 Å². The van der Waals surface area contributed by atoms with Crippen molar-refractivity contribution in [3.05, 3.63) is 131 Å². The number of carbonyl (C=O) groups is 2. The van der Waals surface area contributed by atoms with Gasteiger partial charge in [-0.25, -0.2) is 8.42 Å². The lowest BCUT2D eigenvalue weighted by molar-refractivity contribution is -0.140. The van der Waals surface area contributed by atoms with Gasteiger partial charge >= 0.3 is 0 Å². The molecule has 0 spiro atoms. The maximum atomic E-state index is 14.2. The second-order valence-corrected chi connectivity index (χ2v) is 11.7. The number of hydrogen-bond donors (Lipinski definition) is 1. The molecule has 0 aliphatic rings. The number of anilines is 1. The van der Waals surface area contributed by atoms with Gasteiger partial charge in [0.15, 0.2) is 0 Å². The first-order valence-electron chi connectivity index (χ1n) is 13.3. The Kier molecular flexibility index (Phi) is 10.2. The fourth-order valence-corrected chi connectivity index (χ4v) is 6.04. The molecule has 2 amide bonds. The summed E-state index contributed by atoms with van der Waals surface area (Å²) in [6.45, 7) is 1.77. The number of nitrogens with one attached hydrogen (secondary N) is 1. The Bertz CT molecular complexity index is 1530. The maximum Gasteiger partial charge on any atom is 0.264 e. The number of rotatable bonds is 12. The zero-order chi connectivity index (χ0) is 29.2. The smallest absolute Gasteiger partial charge is 0.264 e. The van der Waals surface area contributed by atoms with Crippen molar-refractivity contribution >= 4 is 39.1 Å². The van der Waals surface area contributed by atoms with Crippen molar-refractivity contribution in [3.8, 4) is 0 Å². The van der Waals surface area contributed by atoms with E-state index in [0.29, 0.717) is 17.3 Å². The van der Waals surface area contributed by atoms with Gasteiger partial charge in [0.1, 0.15) is 12.6 Å². The van der Waals surface area contributed by atoms with Crippen LogP contribution in [0.4, 0.5) is 5.69 Å². The van der Waals surface area contributed by atoms with Gasteiger partial charge in [0, 0.05) is 24.5 Å². The van der Waals surface area contributed by atoms with Crippen LogP contribution in [-0.2, 0) is 32.6 Å². The highest BCUT2D eigenvalue weighted by atomic mass is 35.5. The molecule has 1 N–H and O–H groups in total. The van der Waals surface area contributed by atoms with E-state index in [9.17, 15) is 18.0 Å². The Morgan fingerprint density at radius 1 is 0.780 bits per heavy atom. The Labute approximate surface area is 246 Å². The molecule has 0 aliphatic carbocycles. The van der Waals surface area contributed by atoms with Crippen molar-refractivity contribution in [2.45, 2.75) is 30.8 Å². The fourth-order valence-electron chi connectivity index (χ4n) is 4.48. The number of likely N-dealkylation sites (N-methyl/N-ethyl adjacent to an activating group) is 1. The first-order valence-corrected chi connectivity index (χ1v) is 15.1. The molecule has 0 bridgehead atoms. The number of hydrogen-bond acceptors (Lipinski definition) is 4. The first kappa shape index (κ1) is 29.8. The molecule has 1 atom stereocenters. The van der Waals surface area contributed by atoms with Crippen LogP contribution in [-0.4, -0.2) is 44.3 Å². The van der Waals surface area contributed by atoms with E-state index in [1.165, 1.54) is 17.0 Å². The molecule has 7 nitrogen and oxygen atoms in total. The standard InChI is InChI=1S/C32H32ClN3O4S/c1-2-34-32(38)30(22-25-12-6-3-7-13-25)35(23-26-18-20-27(33)21-19-26)31(37)24-36(28-14-8-4-9-15-28)41(39,40)29-16-10-5-11-17-29/h3-21,30H,2,22-24H2,1H3,(H,34,38)/t30-/m1/s1. The molecule has 0 unspecified atom stereocenters. The third kappa shape index (κ3) is 7.74. The summed E-state index contributed by atoms with van der Waals surface area (Å²) in [6.07, 6.45) is 0.253. The van der Waals surface area contributed by atoms with Crippen molar-refractivity contribution in [1.29, 1.82) is 0 Å². The molecule has 41 heavy (non-hydrogen) atoms.